The molecule has 0 fully saturated rings. The molecule has 0 aromatic heterocycles. The van der Waals surface area contributed by atoms with Gasteiger partial charge in [-0.25, -0.2) is 0 Å². The van der Waals surface area contributed by atoms with Crippen molar-refractivity contribution in [3.63, 3.8) is 0 Å². The van der Waals surface area contributed by atoms with Gasteiger partial charge < -0.3 is 10.4 Å². The van der Waals surface area contributed by atoms with Gasteiger partial charge in [0.2, 0.25) is 5.91 Å². The van der Waals surface area contributed by atoms with E-state index in [1.54, 1.807) is 0 Å². The van der Waals surface area contributed by atoms with Crippen LogP contribution in [0.15, 0.2) is 24.3 Å². The molecule has 0 bridgehead atoms. The molecular weight excluding hydrogens is 282 g/mol. The molecule has 0 aliphatic carbocycles. The van der Waals surface area contributed by atoms with Gasteiger partial charge in [-0.1, -0.05) is 52.0 Å². The standard InChI is InChI=1S/C17H25NO2S/c1-12(5-10-15(19)21)16(20)18-11-13-6-8-14(9-7-13)17(2,3)4/h6-9,12H,5,10-11H2,1-4H3,(H,18,20)(H,19,21). The normalized spacial score (nSPS) is 12.8. The summed E-state index contributed by atoms with van der Waals surface area (Å²) in [6, 6.07) is 8.31. The highest BCUT2D eigenvalue weighted by molar-refractivity contribution is 7.80. The largest absolute Gasteiger partial charge is 0.502 e. The van der Waals surface area contributed by atoms with Crippen LogP contribution in [0.2, 0.25) is 0 Å². The lowest BCUT2D eigenvalue weighted by Gasteiger charge is -2.19. The van der Waals surface area contributed by atoms with E-state index in [1.807, 2.05) is 19.1 Å². The van der Waals surface area contributed by atoms with Crippen molar-refractivity contribution in [3.8, 4) is 0 Å². The number of hydrogen-bond donors (Lipinski definition) is 2. The molecule has 1 unspecified atom stereocenters. The molecule has 1 aromatic carbocycles. The molecule has 0 radical (unpaired) electrons. The Kier molecular flexibility index (Phi) is 6.34. The first-order chi connectivity index (χ1) is 9.70. The van der Waals surface area contributed by atoms with Gasteiger partial charge in [0.05, 0.1) is 0 Å². The fourth-order valence-electron chi connectivity index (χ4n) is 1.96. The average Bonchev–Trinajstić information content (AvgIpc) is 2.41. The molecule has 0 aliphatic heterocycles. The van der Waals surface area contributed by atoms with E-state index in [1.165, 1.54) is 5.56 Å². The summed E-state index contributed by atoms with van der Waals surface area (Å²) in [7, 11) is 0. The molecule has 0 saturated heterocycles. The minimum atomic E-state index is -0.149. The van der Waals surface area contributed by atoms with Gasteiger partial charge in [0.15, 0.2) is 5.05 Å². The summed E-state index contributed by atoms with van der Waals surface area (Å²) in [5, 5.41) is 11.9. The lowest BCUT2D eigenvalue weighted by Crippen LogP contribution is -2.29. The summed E-state index contributed by atoms with van der Waals surface area (Å²) >= 11 is 4.61. The fourth-order valence-corrected chi connectivity index (χ4v) is 2.07. The Balaban J connectivity index is 2.48. The molecule has 1 aromatic rings. The van der Waals surface area contributed by atoms with Crippen LogP contribution in [0.5, 0.6) is 0 Å². The summed E-state index contributed by atoms with van der Waals surface area (Å²) in [6.45, 7) is 8.90. The number of thiocarbonyl (C=S) groups is 1. The van der Waals surface area contributed by atoms with Crippen LogP contribution < -0.4 is 5.32 Å². The number of nitrogens with one attached hydrogen (secondary N) is 1. The highest BCUT2D eigenvalue weighted by Gasteiger charge is 2.14. The van der Waals surface area contributed by atoms with Crippen molar-refractivity contribution >= 4 is 23.2 Å². The minimum Gasteiger partial charge on any atom is -0.502 e. The molecule has 3 nitrogen and oxygen atoms in total. The summed E-state index contributed by atoms with van der Waals surface area (Å²) in [6.07, 6.45) is 0.967. The van der Waals surface area contributed by atoms with E-state index in [0.29, 0.717) is 19.4 Å². The number of aliphatic hydroxyl groups is 1. The van der Waals surface area contributed by atoms with Gasteiger partial charge in [0.1, 0.15) is 0 Å². The van der Waals surface area contributed by atoms with Crippen LogP contribution in [0.25, 0.3) is 0 Å². The zero-order valence-corrected chi connectivity index (χ0v) is 14.1. The van der Waals surface area contributed by atoms with E-state index in [-0.39, 0.29) is 22.3 Å². The van der Waals surface area contributed by atoms with E-state index < -0.39 is 0 Å². The molecule has 0 aliphatic rings. The van der Waals surface area contributed by atoms with Gasteiger partial charge in [-0.3, -0.25) is 4.79 Å². The van der Waals surface area contributed by atoms with Crippen LogP contribution in [0.1, 0.15) is 51.7 Å². The second-order valence-corrected chi connectivity index (χ2v) is 6.97. The Hall–Kier alpha value is -1.42. The van der Waals surface area contributed by atoms with Crippen molar-refractivity contribution in [3.05, 3.63) is 35.4 Å². The molecule has 116 valence electrons. The van der Waals surface area contributed by atoms with Crippen LogP contribution in [0.3, 0.4) is 0 Å². The number of amides is 1. The monoisotopic (exact) mass is 307 g/mol. The third-order valence-corrected chi connectivity index (χ3v) is 3.73. The van der Waals surface area contributed by atoms with Crippen LogP contribution in [0, 0.1) is 5.92 Å². The number of aliphatic hydroxyl groups excluding tert-OH is 1. The lowest BCUT2D eigenvalue weighted by molar-refractivity contribution is -0.124. The van der Waals surface area contributed by atoms with Crippen molar-refractivity contribution < 1.29 is 9.90 Å². The molecule has 0 spiro atoms. The summed E-state index contributed by atoms with van der Waals surface area (Å²) < 4.78 is 0. The van der Waals surface area contributed by atoms with Crippen molar-refractivity contribution in [2.24, 2.45) is 5.92 Å². The Morgan fingerprint density at radius 1 is 1.29 bits per heavy atom. The average molecular weight is 307 g/mol. The number of carbonyl (C=O) groups excluding carboxylic acids is 1. The highest BCUT2D eigenvalue weighted by atomic mass is 32.1. The predicted molar refractivity (Wildman–Crippen MR) is 90.6 cm³/mol. The first kappa shape index (κ1) is 17.6. The maximum absolute atomic E-state index is 11.9. The first-order valence-corrected chi connectivity index (χ1v) is 7.70. The smallest absolute Gasteiger partial charge is 0.223 e. The maximum atomic E-state index is 11.9. The quantitative estimate of drug-likeness (QED) is 0.784. The zero-order chi connectivity index (χ0) is 16.0. The fraction of sp³-hybridized carbons (Fsp3) is 0.529. The minimum absolute atomic E-state index is 0.00820. The molecule has 0 heterocycles. The van der Waals surface area contributed by atoms with Gasteiger partial charge in [0, 0.05) is 18.9 Å². The van der Waals surface area contributed by atoms with Crippen molar-refractivity contribution in [1.82, 2.24) is 5.32 Å². The van der Waals surface area contributed by atoms with E-state index in [9.17, 15) is 4.79 Å². The highest BCUT2D eigenvalue weighted by Crippen LogP contribution is 2.22. The Morgan fingerprint density at radius 3 is 2.33 bits per heavy atom. The van der Waals surface area contributed by atoms with Gasteiger partial charge in [-0.05, 0) is 35.2 Å². The Morgan fingerprint density at radius 2 is 1.86 bits per heavy atom. The van der Waals surface area contributed by atoms with E-state index >= 15 is 0 Å². The topological polar surface area (TPSA) is 49.3 Å². The lowest BCUT2D eigenvalue weighted by atomic mass is 9.87. The molecule has 2 N–H and O–H groups in total. The molecule has 0 saturated carbocycles. The molecule has 4 heteroatoms. The third kappa shape index (κ3) is 6.25. The van der Waals surface area contributed by atoms with Crippen molar-refractivity contribution in [1.29, 1.82) is 0 Å². The van der Waals surface area contributed by atoms with E-state index in [2.05, 4.69) is 50.4 Å². The number of carbonyl (C=O) groups is 1. The van der Waals surface area contributed by atoms with Crippen molar-refractivity contribution in [2.45, 2.75) is 52.5 Å². The number of benzene rings is 1. The van der Waals surface area contributed by atoms with Crippen LogP contribution in [-0.2, 0) is 16.8 Å². The summed E-state index contributed by atoms with van der Waals surface area (Å²) in [5.74, 6) is -0.157. The second kappa shape index (κ2) is 7.55. The third-order valence-electron chi connectivity index (χ3n) is 3.53. The maximum Gasteiger partial charge on any atom is 0.223 e. The molecule has 1 amide bonds. The number of rotatable bonds is 6. The van der Waals surface area contributed by atoms with Gasteiger partial charge in [0.25, 0.3) is 0 Å². The number of hydrogen-bond acceptors (Lipinski definition) is 2. The Bertz CT molecular complexity index is 489. The molecule has 1 rings (SSSR count). The zero-order valence-electron chi connectivity index (χ0n) is 13.3. The summed E-state index contributed by atoms with van der Waals surface area (Å²) in [4.78, 5) is 11.9. The van der Waals surface area contributed by atoms with Crippen LogP contribution in [0.4, 0.5) is 0 Å². The van der Waals surface area contributed by atoms with Gasteiger partial charge in [-0.2, -0.15) is 0 Å². The van der Waals surface area contributed by atoms with Crippen LogP contribution >= 0.6 is 12.2 Å². The Labute approximate surface area is 132 Å². The first-order valence-electron chi connectivity index (χ1n) is 7.29. The van der Waals surface area contributed by atoms with Crippen LogP contribution in [-0.4, -0.2) is 16.1 Å². The SMILES string of the molecule is CC(CCC(O)=S)C(=O)NCc1ccc(C(C)(C)C)cc1. The predicted octanol–water partition coefficient (Wildman–Crippen LogP) is 3.90. The van der Waals surface area contributed by atoms with Crippen molar-refractivity contribution in [2.75, 3.05) is 0 Å². The van der Waals surface area contributed by atoms with Gasteiger partial charge in [-0.15, -0.1) is 0 Å². The summed E-state index contributed by atoms with van der Waals surface area (Å²) in [5.41, 5.74) is 2.50. The molecular formula is C17H25NO2S. The molecule has 21 heavy (non-hydrogen) atoms. The molecule has 1 atom stereocenters. The van der Waals surface area contributed by atoms with E-state index in [4.69, 9.17) is 5.11 Å². The van der Waals surface area contributed by atoms with E-state index in [0.717, 1.165) is 5.56 Å². The second-order valence-electron chi connectivity index (χ2n) is 6.50. The van der Waals surface area contributed by atoms with Gasteiger partial charge >= 0.3 is 0 Å².